The largest absolute Gasteiger partial charge is 0.282 e. The predicted molar refractivity (Wildman–Crippen MR) is 122 cm³/mol. The molecule has 1 aromatic heterocycles. The molecule has 0 unspecified atom stereocenters. The van der Waals surface area contributed by atoms with Gasteiger partial charge in [0.15, 0.2) is 6.04 Å². The number of carbonyl (C=O) groups is 1. The fourth-order valence-corrected chi connectivity index (χ4v) is 4.02. The van der Waals surface area contributed by atoms with E-state index in [1.165, 1.54) is 28.5 Å². The van der Waals surface area contributed by atoms with E-state index in [4.69, 9.17) is 0 Å². The zero-order chi connectivity index (χ0) is 22.1. The minimum Gasteiger partial charge on any atom is -0.269 e. The third-order valence-corrected chi connectivity index (χ3v) is 6.24. The third kappa shape index (κ3) is 4.28. The zero-order valence-electron chi connectivity index (χ0n) is 16.4. The molecule has 0 saturated carbocycles. The van der Waals surface area contributed by atoms with Crippen molar-refractivity contribution in [3.63, 3.8) is 0 Å². The fourth-order valence-electron chi connectivity index (χ4n) is 2.87. The van der Waals surface area contributed by atoms with Crippen molar-refractivity contribution in [2.24, 2.45) is 15.3 Å². The molecule has 1 atom stereocenters. The number of hydrazone groups is 1. The molecule has 0 saturated heterocycles. The van der Waals surface area contributed by atoms with E-state index in [0.29, 0.717) is 27.8 Å². The van der Waals surface area contributed by atoms with Crippen molar-refractivity contribution >= 4 is 55.4 Å². The van der Waals surface area contributed by atoms with Crippen LogP contribution in [0.1, 0.15) is 12.5 Å². The number of carbonyl (C=O) groups excluding carboxylic acids is 1. The molecule has 0 spiro atoms. The molecule has 31 heavy (non-hydrogen) atoms. The van der Waals surface area contributed by atoms with Crippen LogP contribution in [0.3, 0.4) is 0 Å². The van der Waals surface area contributed by atoms with Crippen LogP contribution in [0.2, 0.25) is 0 Å². The number of thiazole rings is 1. The van der Waals surface area contributed by atoms with Gasteiger partial charge in [-0.3, -0.25) is 14.9 Å². The van der Waals surface area contributed by atoms with Gasteiger partial charge in [-0.15, -0.1) is 11.3 Å². The van der Waals surface area contributed by atoms with E-state index >= 15 is 0 Å². The Morgan fingerprint density at radius 1 is 1.23 bits per heavy atom. The Hall–Kier alpha value is -3.31. The molecule has 0 bridgehead atoms. The van der Waals surface area contributed by atoms with E-state index in [9.17, 15) is 14.9 Å². The van der Waals surface area contributed by atoms with Crippen LogP contribution in [-0.4, -0.2) is 27.6 Å². The van der Waals surface area contributed by atoms with Crippen LogP contribution in [0.5, 0.6) is 0 Å². The smallest absolute Gasteiger partial charge is 0.269 e. The van der Waals surface area contributed by atoms with E-state index in [1.807, 2.05) is 25.1 Å². The number of hydrogen-bond donors (Lipinski definition) is 0. The number of aromatic nitrogens is 1. The van der Waals surface area contributed by atoms with Crippen LogP contribution in [-0.2, 0) is 4.79 Å². The molecule has 0 radical (unpaired) electrons. The Morgan fingerprint density at radius 3 is 2.77 bits per heavy atom. The number of hydrogen-bond acceptors (Lipinski definition) is 8. The first-order valence-electron chi connectivity index (χ1n) is 9.10. The molecule has 2 heterocycles. The van der Waals surface area contributed by atoms with Crippen molar-refractivity contribution in [3.05, 3.63) is 68.0 Å². The van der Waals surface area contributed by atoms with Crippen LogP contribution in [0.25, 0.3) is 11.3 Å². The van der Waals surface area contributed by atoms with Gasteiger partial charge in [-0.1, -0.05) is 34.1 Å². The van der Waals surface area contributed by atoms with Crippen molar-refractivity contribution in [3.8, 4) is 11.3 Å². The van der Waals surface area contributed by atoms with Crippen LogP contribution in [0.4, 0.5) is 16.5 Å². The topological polar surface area (TPSA) is 113 Å². The second-order valence-electron chi connectivity index (χ2n) is 6.77. The van der Waals surface area contributed by atoms with E-state index in [2.05, 4.69) is 36.2 Å². The summed E-state index contributed by atoms with van der Waals surface area (Å²) in [5, 5.41) is 27.0. The second kappa shape index (κ2) is 8.44. The molecule has 156 valence electrons. The van der Waals surface area contributed by atoms with E-state index in [0.717, 1.165) is 10.0 Å². The summed E-state index contributed by atoms with van der Waals surface area (Å²) in [5.74, 6) is -0.354. The Labute approximate surface area is 189 Å². The number of aryl methyl sites for hydroxylation is 1. The van der Waals surface area contributed by atoms with Crippen molar-refractivity contribution < 1.29 is 9.72 Å². The third-order valence-electron chi connectivity index (χ3n) is 4.57. The molecule has 1 aliphatic heterocycles. The van der Waals surface area contributed by atoms with E-state index in [1.54, 1.807) is 24.4 Å². The number of azo groups is 1. The SMILES string of the molecule is CC1=NN(c2nc(-c3cccc([N+](=O)[O-])c3)cs2)C(=O)[C@H]1N=Nc1ccc(C)c(Br)c1. The molecule has 9 nitrogen and oxygen atoms in total. The highest BCUT2D eigenvalue weighted by atomic mass is 79.9. The minimum absolute atomic E-state index is 0.0265. The predicted octanol–water partition coefficient (Wildman–Crippen LogP) is 5.66. The van der Waals surface area contributed by atoms with Crippen LogP contribution in [0, 0.1) is 17.0 Å². The Morgan fingerprint density at radius 2 is 2.03 bits per heavy atom. The fraction of sp³-hybridized carbons (Fsp3) is 0.150. The highest BCUT2D eigenvalue weighted by Gasteiger charge is 2.36. The summed E-state index contributed by atoms with van der Waals surface area (Å²) < 4.78 is 0.908. The van der Waals surface area contributed by atoms with E-state index < -0.39 is 11.0 Å². The van der Waals surface area contributed by atoms with Crippen molar-refractivity contribution in [2.45, 2.75) is 19.9 Å². The Balaban J connectivity index is 1.55. The lowest BCUT2D eigenvalue weighted by Crippen LogP contribution is -2.29. The summed E-state index contributed by atoms with van der Waals surface area (Å²) in [6.45, 7) is 3.68. The summed E-state index contributed by atoms with van der Waals surface area (Å²) in [5.41, 5.74) is 3.29. The number of halogens is 1. The molecule has 11 heteroatoms. The highest BCUT2D eigenvalue weighted by Crippen LogP contribution is 2.32. The maximum atomic E-state index is 12.9. The van der Waals surface area contributed by atoms with Gasteiger partial charge in [0.1, 0.15) is 0 Å². The first-order valence-corrected chi connectivity index (χ1v) is 10.8. The van der Waals surface area contributed by atoms with Gasteiger partial charge in [0.2, 0.25) is 5.13 Å². The second-order valence-corrected chi connectivity index (χ2v) is 8.46. The van der Waals surface area contributed by atoms with Gasteiger partial charge in [-0.2, -0.15) is 20.3 Å². The molecule has 4 rings (SSSR count). The summed E-state index contributed by atoms with van der Waals surface area (Å²) in [6.07, 6.45) is 0. The van der Waals surface area contributed by atoms with Gasteiger partial charge in [-0.25, -0.2) is 4.98 Å². The summed E-state index contributed by atoms with van der Waals surface area (Å²) in [6, 6.07) is 10.9. The minimum atomic E-state index is -0.828. The quantitative estimate of drug-likeness (QED) is 0.256. The average molecular weight is 499 g/mol. The Kier molecular flexibility index (Phi) is 5.70. The van der Waals surface area contributed by atoms with Crippen molar-refractivity contribution in [2.75, 3.05) is 5.01 Å². The first-order chi connectivity index (χ1) is 14.8. The first kappa shape index (κ1) is 20.9. The number of anilines is 1. The van der Waals surface area contributed by atoms with Gasteiger partial charge < -0.3 is 0 Å². The van der Waals surface area contributed by atoms with Crippen LogP contribution >= 0.6 is 27.3 Å². The molecule has 0 N–H and O–H groups in total. The average Bonchev–Trinajstić information content (AvgIpc) is 3.34. The molecular weight excluding hydrogens is 484 g/mol. The molecule has 1 aliphatic rings. The van der Waals surface area contributed by atoms with Crippen molar-refractivity contribution in [1.29, 1.82) is 0 Å². The molecule has 0 fully saturated rings. The highest BCUT2D eigenvalue weighted by molar-refractivity contribution is 9.10. The lowest BCUT2D eigenvalue weighted by Gasteiger charge is -2.08. The zero-order valence-corrected chi connectivity index (χ0v) is 18.8. The summed E-state index contributed by atoms with van der Waals surface area (Å²) in [7, 11) is 0. The van der Waals surface area contributed by atoms with Crippen LogP contribution in [0.15, 0.2) is 67.6 Å². The lowest BCUT2D eigenvalue weighted by atomic mass is 10.1. The summed E-state index contributed by atoms with van der Waals surface area (Å²) >= 11 is 4.67. The maximum absolute atomic E-state index is 12.9. The van der Waals surface area contributed by atoms with Crippen LogP contribution < -0.4 is 5.01 Å². The van der Waals surface area contributed by atoms with Gasteiger partial charge >= 0.3 is 0 Å². The number of nitro groups is 1. The molecule has 1 amide bonds. The number of nitro benzene ring substituents is 1. The lowest BCUT2D eigenvalue weighted by molar-refractivity contribution is -0.384. The number of non-ortho nitro benzene ring substituents is 1. The molecule has 3 aromatic rings. The van der Waals surface area contributed by atoms with Gasteiger partial charge in [0, 0.05) is 27.5 Å². The van der Waals surface area contributed by atoms with Gasteiger partial charge in [0.05, 0.1) is 22.0 Å². The summed E-state index contributed by atoms with van der Waals surface area (Å²) in [4.78, 5) is 27.9. The number of nitrogens with zero attached hydrogens (tertiary/aromatic N) is 6. The van der Waals surface area contributed by atoms with Gasteiger partial charge in [-0.05, 0) is 31.5 Å². The number of rotatable bonds is 5. The monoisotopic (exact) mass is 498 g/mol. The van der Waals surface area contributed by atoms with Crippen molar-refractivity contribution in [1.82, 2.24) is 4.98 Å². The Bertz CT molecular complexity index is 1260. The standard InChI is InChI=1S/C20H15BrN6O3S/c1-11-6-7-14(9-16(11)21)23-24-18-12(2)25-26(19(18)28)20-22-17(10-31-20)13-4-3-5-15(8-13)27(29)30/h3-10,18H,1-2H3/t18-/m0/s1. The van der Waals surface area contributed by atoms with Gasteiger partial charge in [0.25, 0.3) is 11.6 Å². The maximum Gasteiger partial charge on any atom is 0.282 e. The number of amides is 1. The number of benzene rings is 2. The molecule has 0 aliphatic carbocycles. The molecule has 2 aromatic carbocycles. The normalized spacial score (nSPS) is 16.2. The molecular formula is C20H15BrN6O3S. The van der Waals surface area contributed by atoms with E-state index in [-0.39, 0.29) is 11.6 Å².